The maximum atomic E-state index is 5.16. The zero-order valence-corrected chi connectivity index (χ0v) is 12.3. The van der Waals surface area contributed by atoms with Crippen LogP contribution >= 0.6 is 0 Å². The summed E-state index contributed by atoms with van der Waals surface area (Å²) in [5.74, 6) is 0.900. The largest absolute Gasteiger partial charge is 0.497 e. The lowest BCUT2D eigenvalue weighted by Crippen LogP contribution is -2.13. The molecule has 1 N–H and O–H groups in total. The van der Waals surface area contributed by atoms with Crippen LogP contribution in [-0.2, 0) is 19.5 Å². The quantitative estimate of drug-likeness (QED) is 0.752. The van der Waals surface area contributed by atoms with Crippen LogP contribution in [0.2, 0.25) is 0 Å². The van der Waals surface area contributed by atoms with Crippen LogP contribution < -0.4 is 10.1 Å². The van der Waals surface area contributed by atoms with Crippen LogP contribution in [0.15, 0.2) is 36.7 Å². The van der Waals surface area contributed by atoms with Crippen molar-refractivity contribution in [3.8, 4) is 5.75 Å². The molecule has 0 saturated carbocycles. The Labute approximate surface area is 120 Å². The summed E-state index contributed by atoms with van der Waals surface area (Å²) in [5.41, 5.74) is 2.54. The first-order chi connectivity index (χ1) is 9.81. The monoisotopic (exact) mass is 273 g/mol. The first-order valence-corrected chi connectivity index (χ1v) is 7.17. The molecule has 1 aromatic carbocycles. The Kier molecular flexibility index (Phi) is 5.62. The standard InChI is InChI=1S/C16H23N3O/c1-3-9-17-11-15-12-18-19(13-15)10-8-14-4-6-16(20-2)7-5-14/h4-7,12-13,17H,3,8-11H2,1-2H3. The van der Waals surface area contributed by atoms with E-state index in [1.54, 1.807) is 7.11 Å². The van der Waals surface area contributed by atoms with Crippen molar-refractivity contribution in [3.05, 3.63) is 47.8 Å². The van der Waals surface area contributed by atoms with Gasteiger partial charge in [0.05, 0.1) is 13.3 Å². The molecule has 0 spiro atoms. The highest BCUT2D eigenvalue weighted by Crippen LogP contribution is 2.12. The molecule has 0 amide bonds. The first-order valence-electron chi connectivity index (χ1n) is 7.17. The molecule has 108 valence electrons. The van der Waals surface area contributed by atoms with E-state index in [1.807, 2.05) is 23.0 Å². The van der Waals surface area contributed by atoms with Crippen molar-refractivity contribution in [2.45, 2.75) is 32.9 Å². The molecule has 0 radical (unpaired) electrons. The Morgan fingerprint density at radius 1 is 1.20 bits per heavy atom. The predicted octanol–water partition coefficient (Wildman–Crippen LogP) is 2.63. The maximum absolute atomic E-state index is 5.16. The molecule has 20 heavy (non-hydrogen) atoms. The van der Waals surface area contributed by atoms with Gasteiger partial charge in [-0.2, -0.15) is 5.10 Å². The van der Waals surface area contributed by atoms with Gasteiger partial charge in [-0.1, -0.05) is 19.1 Å². The lowest BCUT2D eigenvalue weighted by Gasteiger charge is -2.04. The average Bonchev–Trinajstić information content (AvgIpc) is 2.94. The van der Waals surface area contributed by atoms with Gasteiger partial charge in [-0.25, -0.2) is 0 Å². The van der Waals surface area contributed by atoms with Crippen molar-refractivity contribution in [2.75, 3.05) is 13.7 Å². The van der Waals surface area contributed by atoms with Crippen molar-refractivity contribution in [1.29, 1.82) is 0 Å². The summed E-state index contributed by atoms with van der Waals surface area (Å²) in [6, 6.07) is 8.20. The van der Waals surface area contributed by atoms with Gasteiger partial charge in [-0.3, -0.25) is 4.68 Å². The predicted molar refractivity (Wildman–Crippen MR) is 80.9 cm³/mol. The molecule has 0 atom stereocenters. The van der Waals surface area contributed by atoms with Crippen LogP contribution in [0, 0.1) is 0 Å². The molecule has 4 nitrogen and oxygen atoms in total. The summed E-state index contributed by atoms with van der Waals surface area (Å²) < 4.78 is 7.16. The third-order valence-corrected chi connectivity index (χ3v) is 3.23. The second kappa shape index (κ2) is 7.70. The zero-order valence-electron chi connectivity index (χ0n) is 12.3. The highest BCUT2D eigenvalue weighted by Gasteiger charge is 2.00. The number of methoxy groups -OCH3 is 1. The lowest BCUT2D eigenvalue weighted by molar-refractivity contribution is 0.414. The summed E-state index contributed by atoms with van der Waals surface area (Å²) in [7, 11) is 1.69. The number of benzene rings is 1. The van der Waals surface area contributed by atoms with Crippen LogP contribution in [0.5, 0.6) is 5.75 Å². The second-order valence-corrected chi connectivity index (χ2v) is 4.89. The van der Waals surface area contributed by atoms with Gasteiger partial charge in [0.25, 0.3) is 0 Å². The Morgan fingerprint density at radius 2 is 2.00 bits per heavy atom. The molecule has 0 unspecified atom stereocenters. The van der Waals surface area contributed by atoms with E-state index in [1.165, 1.54) is 11.1 Å². The van der Waals surface area contributed by atoms with E-state index in [4.69, 9.17) is 4.74 Å². The SMILES string of the molecule is CCCNCc1cnn(CCc2ccc(OC)cc2)c1. The summed E-state index contributed by atoms with van der Waals surface area (Å²) in [6.45, 7) is 5.03. The van der Waals surface area contributed by atoms with E-state index >= 15 is 0 Å². The average molecular weight is 273 g/mol. The molecule has 2 rings (SSSR count). The first kappa shape index (κ1) is 14.6. The number of hydrogen-bond donors (Lipinski definition) is 1. The van der Waals surface area contributed by atoms with Crippen LogP contribution in [-0.4, -0.2) is 23.4 Å². The molecule has 4 heteroatoms. The molecule has 0 aliphatic carbocycles. The van der Waals surface area contributed by atoms with E-state index in [9.17, 15) is 0 Å². The molecule has 0 saturated heterocycles. The molecule has 2 aromatic rings. The lowest BCUT2D eigenvalue weighted by atomic mass is 10.1. The molecule has 0 aliphatic rings. The second-order valence-electron chi connectivity index (χ2n) is 4.89. The topological polar surface area (TPSA) is 39.1 Å². The normalized spacial score (nSPS) is 10.7. The summed E-state index contributed by atoms with van der Waals surface area (Å²) in [5, 5.41) is 7.78. The number of nitrogens with one attached hydrogen (secondary N) is 1. The molecule has 0 bridgehead atoms. The number of aryl methyl sites for hydroxylation is 2. The maximum Gasteiger partial charge on any atom is 0.118 e. The van der Waals surface area contributed by atoms with E-state index in [0.29, 0.717) is 0 Å². The molecule has 0 aliphatic heterocycles. The van der Waals surface area contributed by atoms with Crippen LogP contribution in [0.25, 0.3) is 0 Å². The number of nitrogens with zero attached hydrogens (tertiary/aromatic N) is 2. The van der Waals surface area contributed by atoms with Gasteiger partial charge < -0.3 is 10.1 Å². The van der Waals surface area contributed by atoms with E-state index in [2.05, 4.69) is 35.7 Å². The fraction of sp³-hybridized carbons (Fsp3) is 0.438. The van der Waals surface area contributed by atoms with Crippen molar-refractivity contribution in [3.63, 3.8) is 0 Å². The molecule has 1 aromatic heterocycles. The number of aromatic nitrogens is 2. The minimum atomic E-state index is 0.899. The van der Waals surface area contributed by atoms with Crippen LogP contribution in [0.1, 0.15) is 24.5 Å². The smallest absolute Gasteiger partial charge is 0.118 e. The number of hydrogen-bond acceptors (Lipinski definition) is 3. The van der Waals surface area contributed by atoms with Gasteiger partial charge in [-0.15, -0.1) is 0 Å². The van der Waals surface area contributed by atoms with E-state index < -0.39 is 0 Å². The highest BCUT2D eigenvalue weighted by atomic mass is 16.5. The molecule has 0 fully saturated rings. The van der Waals surface area contributed by atoms with Gasteiger partial charge in [-0.05, 0) is 37.1 Å². The number of ether oxygens (including phenoxy) is 1. The Hall–Kier alpha value is -1.81. The Morgan fingerprint density at radius 3 is 2.70 bits per heavy atom. The minimum absolute atomic E-state index is 0.899. The fourth-order valence-corrected chi connectivity index (χ4v) is 2.07. The highest BCUT2D eigenvalue weighted by molar-refractivity contribution is 5.27. The molecular weight excluding hydrogens is 250 g/mol. The van der Waals surface area contributed by atoms with Crippen LogP contribution in [0.3, 0.4) is 0 Å². The van der Waals surface area contributed by atoms with Crippen molar-refractivity contribution in [2.24, 2.45) is 0 Å². The number of rotatable bonds is 8. The van der Waals surface area contributed by atoms with Gasteiger partial charge >= 0.3 is 0 Å². The fourth-order valence-electron chi connectivity index (χ4n) is 2.07. The van der Waals surface area contributed by atoms with Gasteiger partial charge in [0.2, 0.25) is 0 Å². The minimum Gasteiger partial charge on any atom is -0.497 e. The van der Waals surface area contributed by atoms with Crippen molar-refractivity contribution < 1.29 is 4.74 Å². The van der Waals surface area contributed by atoms with E-state index in [0.717, 1.165) is 38.2 Å². The Bertz CT molecular complexity index is 505. The van der Waals surface area contributed by atoms with Gasteiger partial charge in [0.1, 0.15) is 5.75 Å². The molecular formula is C16H23N3O. The van der Waals surface area contributed by atoms with Crippen molar-refractivity contribution >= 4 is 0 Å². The van der Waals surface area contributed by atoms with Gasteiger partial charge in [0.15, 0.2) is 0 Å². The van der Waals surface area contributed by atoms with Crippen LogP contribution in [0.4, 0.5) is 0 Å². The zero-order chi connectivity index (χ0) is 14.2. The van der Waals surface area contributed by atoms with Gasteiger partial charge in [0, 0.05) is 24.8 Å². The third kappa shape index (κ3) is 4.38. The van der Waals surface area contributed by atoms with Crippen molar-refractivity contribution in [1.82, 2.24) is 15.1 Å². The molecule has 1 heterocycles. The van der Waals surface area contributed by atoms with E-state index in [-0.39, 0.29) is 0 Å². The summed E-state index contributed by atoms with van der Waals surface area (Å²) >= 11 is 0. The Balaban J connectivity index is 1.81. The summed E-state index contributed by atoms with van der Waals surface area (Å²) in [6.07, 6.45) is 6.20. The third-order valence-electron chi connectivity index (χ3n) is 3.23. The summed E-state index contributed by atoms with van der Waals surface area (Å²) in [4.78, 5) is 0.